The van der Waals surface area contributed by atoms with Gasteiger partial charge in [0, 0.05) is 0 Å². The molecule has 26 heavy (non-hydrogen) atoms. The highest BCUT2D eigenvalue weighted by Gasteiger charge is 2.30. The van der Waals surface area contributed by atoms with Gasteiger partial charge < -0.3 is 10.1 Å². The zero-order valence-corrected chi connectivity index (χ0v) is 17.3. The summed E-state index contributed by atoms with van der Waals surface area (Å²) >= 11 is 0. The normalized spacial score (nSPS) is 14.7. The van der Waals surface area contributed by atoms with Crippen LogP contribution in [0.15, 0.2) is 30.3 Å². The van der Waals surface area contributed by atoms with Crippen LogP contribution in [0.3, 0.4) is 0 Å². The van der Waals surface area contributed by atoms with Crippen LogP contribution in [0, 0.1) is 5.92 Å². The van der Waals surface area contributed by atoms with Gasteiger partial charge in [0.05, 0.1) is 18.4 Å². The fourth-order valence-electron chi connectivity index (χ4n) is 2.56. The Morgan fingerprint density at radius 1 is 1.15 bits per heavy atom. The molecule has 1 aromatic rings. The van der Waals surface area contributed by atoms with Crippen LogP contribution in [0.1, 0.15) is 46.6 Å². The smallest absolute Gasteiger partial charge is 0.407 e. The summed E-state index contributed by atoms with van der Waals surface area (Å²) in [4.78, 5) is 12.3. The fraction of sp³-hybridized carbons (Fsp3) is 0.632. The molecule has 7 heteroatoms. The van der Waals surface area contributed by atoms with Gasteiger partial charge in [-0.15, -0.1) is 0 Å². The maximum atomic E-state index is 12.3. The van der Waals surface area contributed by atoms with Crippen LogP contribution >= 0.6 is 0 Å². The first-order valence-corrected chi connectivity index (χ1v) is 10.6. The lowest BCUT2D eigenvalue weighted by molar-refractivity contribution is 0.0433. The van der Waals surface area contributed by atoms with E-state index in [1.165, 1.54) is 0 Å². The quantitative estimate of drug-likeness (QED) is 0.693. The molecule has 1 N–H and O–H groups in total. The SMILES string of the molecule is CC(C)C[C@@H](OS(C)(=O)=O)[C@@H](Cc1ccccc1)NC(=O)OC(C)(C)C. The topological polar surface area (TPSA) is 81.7 Å². The van der Waals surface area contributed by atoms with Crippen molar-refractivity contribution in [1.29, 1.82) is 0 Å². The second-order valence-corrected chi connectivity index (χ2v) is 9.51. The Balaban J connectivity index is 3.06. The maximum Gasteiger partial charge on any atom is 0.407 e. The number of hydrogen-bond donors (Lipinski definition) is 1. The summed E-state index contributed by atoms with van der Waals surface area (Å²) in [6, 6.07) is 9.01. The van der Waals surface area contributed by atoms with Crippen molar-refractivity contribution in [1.82, 2.24) is 5.32 Å². The molecule has 1 rings (SSSR count). The first kappa shape index (κ1) is 22.4. The third-order valence-corrected chi connectivity index (χ3v) is 4.05. The highest BCUT2D eigenvalue weighted by atomic mass is 32.2. The molecule has 1 aromatic carbocycles. The first-order chi connectivity index (χ1) is 11.9. The summed E-state index contributed by atoms with van der Waals surface area (Å²) < 4.78 is 34.1. The molecule has 1 amide bonds. The average molecular weight is 386 g/mol. The Labute approximate surface area is 157 Å². The lowest BCUT2D eigenvalue weighted by Gasteiger charge is -2.30. The lowest BCUT2D eigenvalue weighted by atomic mass is 9.95. The van der Waals surface area contributed by atoms with Crippen molar-refractivity contribution in [2.24, 2.45) is 5.92 Å². The number of benzene rings is 1. The molecular formula is C19H31NO5S. The van der Waals surface area contributed by atoms with Crippen molar-refractivity contribution in [3.05, 3.63) is 35.9 Å². The largest absolute Gasteiger partial charge is 0.444 e. The summed E-state index contributed by atoms with van der Waals surface area (Å²) in [5, 5.41) is 2.80. The highest BCUT2D eigenvalue weighted by Crippen LogP contribution is 2.19. The molecule has 0 aromatic heterocycles. The Bertz CT molecular complexity index is 665. The van der Waals surface area contributed by atoms with Gasteiger partial charge in [-0.05, 0) is 45.1 Å². The van der Waals surface area contributed by atoms with Gasteiger partial charge in [0.2, 0.25) is 0 Å². The molecule has 0 heterocycles. The molecule has 0 aliphatic rings. The third-order valence-electron chi connectivity index (χ3n) is 3.45. The van der Waals surface area contributed by atoms with Gasteiger partial charge in [0.15, 0.2) is 0 Å². The van der Waals surface area contributed by atoms with Crippen LogP contribution in [0.25, 0.3) is 0 Å². The van der Waals surface area contributed by atoms with Crippen molar-refractivity contribution in [2.75, 3.05) is 6.26 Å². The van der Waals surface area contributed by atoms with Gasteiger partial charge in [-0.25, -0.2) is 4.79 Å². The number of rotatable bonds is 8. The summed E-state index contributed by atoms with van der Waals surface area (Å²) in [6.45, 7) is 9.28. The molecular weight excluding hydrogens is 354 g/mol. The zero-order valence-electron chi connectivity index (χ0n) is 16.5. The minimum absolute atomic E-state index is 0.195. The maximum absolute atomic E-state index is 12.3. The van der Waals surface area contributed by atoms with Gasteiger partial charge >= 0.3 is 6.09 Å². The predicted molar refractivity (Wildman–Crippen MR) is 102 cm³/mol. The molecule has 148 valence electrons. The number of ether oxygens (including phenoxy) is 1. The van der Waals surface area contributed by atoms with Crippen LogP contribution < -0.4 is 5.32 Å². The van der Waals surface area contributed by atoms with E-state index in [1.807, 2.05) is 44.2 Å². The molecule has 0 radical (unpaired) electrons. The Morgan fingerprint density at radius 3 is 2.19 bits per heavy atom. The molecule has 0 spiro atoms. The number of nitrogens with one attached hydrogen (secondary N) is 1. The van der Waals surface area contributed by atoms with Crippen molar-refractivity contribution < 1.29 is 22.1 Å². The van der Waals surface area contributed by atoms with Crippen LogP contribution in [0.2, 0.25) is 0 Å². The van der Waals surface area contributed by atoms with Crippen LogP contribution in [-0.2, 0) is 25.5 Å². The van der Waals surface area contributed by atoms with E-state index in [0.717, 1.165) is 11.8 Å². The molecule has 0 aliphatic heterocycles. The molecule has 6 nitrogen and oxygen atoms in total. The van der Waals surface area contributed by atoms with E-state index in [-0.39, 0.29) is 5.92 Å². The summed E-state index contributed by atoms with van der Waals surface area (Å²) in [5.74, 6) is 0.195. The van der Waals surface area contributed by atoms with Gasteiger partial charge in [-0.2, -0.15) is 8.42 Å². The van der Waals surface area contributed by atoms with Crippen LogP contribution in [0.4, 0.5) is 4.79 Å². The minimum atomic E-state index is -3.67. The summed E-state index contributed by atoms with van der Waals surface area (Å²) in [7, 11) is -3.67. The lowest BCUT2D eigenvalue weighted by Crippen LogP contribution is -2.48. The molecule has 0 unspecified atom stereocenters. The van der Waals surface area contributed by atoms with E-state index in [0.29, 0.717) is 12.8 Å². The first-order valence-electron chi connectivity index (χ1n) is 8.77. The second kappa shape index (κ2) is 9.37. The molecule has 0 bridgehead atoms. The summed E-state index contributed by atoms with van der Waals surface area (Å²) in [5.41, 5.74) is 0.325. The van der Waals surface area contributed by atoms with Gasteiger partial charge in [0.25, 0.3) is 10.1 Å². The number of amides is 1. The van der Waals surface area contributed by atoms with Gasteiger partial charge in [-0.3, -0.25) is 4.18 Å². The molecule has 0 saturated carbocycles. The van der Waals surface area contributed by atoms with Crippen molar-refractivity contribution in [3.8, 4) is 0 Å². The Hall–Kier alpha value is -1.60. The Kier molecular flexibility index (Phi) is 8.09. The van der Waals surface area contributed by atoms with E-state index in [4.69, 9.17) is 8.92 Å². The van der Waals surface area contributed by atoms with Crippen LogP contribution in [0.5, 0.6) is 0 Å². The molecule has 2 atom stereocenters. The molecule has 0 saturated heterocycles. The standard InChI is InChI=1S/C19H31NO5S/c1-14(2)12-17(25-26(6,22)23)16(13-15-10-8-7-9-11-15)20-18(21)24-19(3,4)5/h7-11,14,16-17H,12-13H2,1-6H3,(H,20,21)/t16-,17-/m1/s1. The van der Waals surface area contributed by atoms with Crippen molar-refractivity contribution in [3.63, 3.8) is 0 Å². The predicted octanol–water partition coefficient (Wildman–Crippen LogP) is 3.51. The number of carbonyl (C=O) groups excluding carboxylic acids is 1. The van der Waals surface area contributed by atoms with E-state index in [2.05, 4.69) is 5.32 Å². The van der Waals surface area contributed by atoms with E-state index < -0.39 is 34.0 Å². The Morgan fingerprint density at radius 2 is 1.73 bits per heavy atom. The zero-order chi connectivity index (χ0) is 20.0. The van der Waals surface area contributed by atoms with E-state index in [1.54, 1.807) is 20.8 Å². The molecule has 0 aliphatic carbocycles. The van der Waals surface area contributed by atoms with Crippen LogP contribution in [-0.4, -0.2) is 38.5 Å². The highest BCUT2D eigenvalue weighted by molar-refractivity contribution is 7.86. The number of hydrogen-bond acceptors (Lipinski definition) is 5. The van der Waals surface area contributed by atoms with Crippen molar-refractivity contribution in [2.45, 2.75) is 65.2 Å². The fourth-order valence-corrected chi connectivity index (χ4v) is 3.22. The molecule has 0 fully saturated rings. The second-order valence-electron chi connectivity index (χ2n) is 7.91. The monoisotopic (exact) mass is 385 g/mol. The van der Waals surface area contributed by atoms with Crippen molar-refractivity contribution >= 4 is 16.2 Å². The van der Waals surface area contributed by atoms with E-state index in [9.17, 15) is 13.2 Å². The number of alkyl carbamates (subject to hydrolysis) is 1. The van der Waals surface area contributed by atoms with Gasteiger partial charge in [0.1, 0.15) is 5.60 Å². The third kappa shape index (κ3) is 9.77. The minimum Gasteiger partial charge on any atom is -0.444 e. The average Bonchev–Trinajstić information content (AvgIpc) is 2.43. The van der Waals surface area contributed by atoms with E-state index >= 15 is 0 Å². The summed E-state index contributed by atoms with van der Waals surface area (Å²) in [6.07, 6.45) is 0.669. The number of carbonyl (C=O) groups is 1. The van der Waals surface area contributed by atoms with Gasteiger partial charge in [-0.1, -0.05) is 44.2 Å².